The molecule has 4 nitrogen and oxygen atoms in total. The second kappa shape index (κ2) is 5.94. The number of aromatic nitrogens is 3. The van der Waals surface area contributed by atoms with Gasteiger partial charge >= 0.3 is 0 Å². The van der Waals surface area contributed by atoms with Gasteiger partial charge in [0.1, 0.15) is 6.29 Å². The molecule has 0 fully saturated rings. The fourth-order valence-electron chi connectivity index (χ4n) is 1.67. The normalized spacial score (nSPS) is 10.4. The Balaban J connectivity index is 1.94. The van der Waals surface area contributed by atoms with Gasteiger partial charge in [-0.1, -0.05) is 0 Å². The first kappa shape index (κ1) is 11.5. The van der Waals surface area contributed by atoms with E-state index in [0.29, 0.717) is 6.42 Å². The smallest absolute Gasteiger partial charge is 0.119 e. The number of unbranched alkanes of at least 4 members (excludes halogenated alkanes) is 2. The molecule has 2 heterocycles. The fraction of sp³-hybridized carbons (Fsp3) is 0.308. The molecular weight excluding hydrogens is 214 g/mol. The lowest BCUT2D eigenvalue weighted by Crippen LogP contribution is -1.94. The summed E-state index contributed by atoms with van der Waals surface area (Å²) in [6.45, 7) is 0.904. The molecule has 0 saturated carbocycles. The fourth-order valence-corrected chi connectivity index (χ4v) is 1.67. The minimum Gasteiger partial charge on any atom is -0.337 e. The van der Waals surface area contributed by atoms with Gasteiger partial charge in [0.15, 0.2) is 0 Å². The summed E-state index contributed by atoms with van der Waals surface area (Å²) in [5.74, 6) is 0. The molecule has 0 aromatic carbocycles. The molecule has 0 amide bonds. The third-order valence-corrected chi connectivity index (χ3v) is 2.58. The molecular formula is C13H15N3O. The Labute approximate surface area is 100 Å². The molecule has 0 aliphatic rings. The van der Waals surface area contributed by atoms with Crippen LogP contribution in [0.2, 0.25) is 0 Å². The maximum Gasteiger partial charge on any atom is 0.119 e. The van der Waals surface area contributed by atoms with E-state index < -0.39 is 0 Å². The van der Waals surface area contributed by atoms with E-state index in [-0.39, 0.29) is 0 Å². The molecule has 0 spiro atoms. The van der Waals surface area contributed by atoms with Crippen LogP contribution in [0.4, 0.5) is 0 Å². The summed E-state index contributed by atoms with van der Waals surface area (Å²) >= 11 is 0. The molecule has 4 heteroatoms. The highest BCUT2D eigenvalue weighted by molar-refractivity contribution is 5.56. The van der Waals surface area contributed by atoms with Crippen molar-refractivity contribution in [3.63, 3.8) is 0 Å². The quantitative estimate of drug-likeness (QED) is 0.564. The van der Waals surface area contributed by atoms with Crippen LogP contribution in [0.25, 0.3) is 11.3 Å². The molecule has 2 aromatic rings. The Kier molecular flexibility index (Phi) is 4.02. The largest absolute Gasteiger partial charge is 0.337 e. The SMILES string of the molecule is O=CCCCCn1cnc(-c2cccnc2)c1. The number of carbonyl (C=O) groups is 1. The summed E-state index contributed by atoms with van der Waals surface area (Å²) in [7, 11) is 0. The highest BCUT2D eigenvalue weighted by Crippen LogP contribution is 2.15. The standard InChI is InChI=1S/C13H15N3O/c17-8-3-1-2-7-16-10-13(15-11-16)12-5-4-6-14-9-12/h4-6,8-11H,1-3,7H2. The van der Waals surface area contributed by atoms with Crippen LogP contribution in [-0.2, 0) is 11.3 Å². The van der Waals surface area contributed by atoms with E-state index in [0.717, 1.165) is 36.9 Å². The van der Waals surface area contributed by atoms with E-state index in [1.165, 1.54) is 0 Å². The molecule has 17 heavy (non-hydrogen) atoms. The monoisotopic (exact) mass is 229 g/mol. The van der Waals surface area contributed by atoms with E-state index in [4.69, 9.17) is 0 Å². The molecule has 2 aromatic heterocycles. The summed E-state index contributed by atoms with van der Waals surface area (Å²) in [4.78, 5) is 18.6. The average molecular weight is 229 g/mol. The van der Waals surface area contributed by atoms with Crippen molar-refractivity contribution in [1.82, 2.24) is 14.5 Å². The Hall–Kier alpha value is -1.97. The predicted octanol–water partition coefficient (Wildman–Crippen LogP) is 2.31. The van der Waals surface area contributed by atoms with E-state index in [1.54, 1.807) is 12.4 Å². The number of carbonyl (C=O) groups excluding carboxylic acids is 1. The van der Waals surface area contributed by atoms with Gasteiger partial charge in [-0.15, -0.1) is 0 Å². The van der Waals surface area contributed by atoms with Crippen LogP contribution in [0, 0.1) is 0 Å². The van der Waals surface area contributed by atoms with E-state index in [2.05, 4.69) is 9.97 Å². The number of hydrogen-bond acceptors (Lipinski definition) is 3. The lowest BCUT2D eigenvalue weighted by atomic mass is 10.2. The van der Waals surface area contributed by atoms with Crippen LogP contribution >= 0.6 is 0 Å². The Bertz CT molecular complexity index is 465. The van der Waals surface area contributed by atoms with Crippen molar-refractivity contribution < 1.29 is 4.79 Å². The molecule has 0 aliphatic carbocycles. The second-order valence-corrected chi connectivity index (χ2v) is 3.90. The Morgan fingerprint density at radius 1 is 1.35 bits per heavy atom. The van der Waals surface area contributed by atoms with Crippen LogP contribution < -0.4 is 0 Å². The van der Waals surface area contributed by atoms with E-state index >= 15 is 0 Å². The van der Waals surface area contributed by atoms with Crippen LogP contribution in [0.5, 0.6) is 0 Å². The lowest BCUT2D eigenvalue weighted by Gasteiger charge is -1.99. The van der Waals surface area contributed by atoms with Crippen molar-refractivity contribution in [2.24, 2.45) is 0 Å². The number of pyridine rings is 1. The second-order valence-electron chi connectivity index (χ2n) is 3.90. The van der Waals surface area contributed by atoms with Crippen molar-refractivity contribution in [2.75, 3.05) is 0 Å². The average Bonchev–Trinajstić information content (AvgIpc) is 2.85. The number of imidazole rings is 1. The number of rotatable bonds is 6. The van der Waals surface area contributed by atoms with Crippen LogP contribution in [-0.4, -0.2) is 20.8 Å². The molecule has 88 valence electrons. The van der Waals surface area contributed by atoms with Crippen LogP contribution in [0.1, 0.15) is 19.3 Å². The van der Waals surface area contributed by atoms with Crippen LogP contribution in [0.15, 0.2) is 37.1 Å². The highest BCUT2D eigenvalue weighted by Gasteiger charge is 2.01. The molecule has 0 atom stereocenters. The van der Waals surface area contributed by atoms with Gasteiger partial charge in [0.25, 0.3) is 0 Å². The maximum atomic E-state index is 10.2. The Morgan fingerprint density at radius 2 is 2.29 bits per heavy atom. The van der Waals surface area contributed by atoms with Gasteiger partial charge in [0, 0.05) is 37.1 Å². The topological polar surface area (TPSA) is 47.8 Å². The van der Waals surface area contributed by atoms with Gasteiger partial charge in [0.2, 0.25) is 0 Å². The van der Waals surface area contributed by atoms with Crippen LogP contribution in [0.3, 0.4) is 0 Å². The van der Waals surface area contributed by atoms with Crippen molar-refractivity contribution >= 4 is 6.29 Å². The first-order valence-corrected chi connectivity index (χ1v) is 5.76. The van der Waals surface area contributed by atoms with Crippen molar-refractivity contribution in [3.8, 4) is 11.3 Å². The predicted molar refractivity (Wildman–Crippen MR) is 65.4 cm³/mol. The molecule has 0 N–H and O–H groups in total. The number of nitrogens with zero attached hydrogens (tertiary/aromatic N) is 3. The zero-order valence-corrected chi connectivity index (χ0v) is 9.62. The van der Waals surface area contributed by atoms with Gasteiger partial charge in [0.05, 0.1) is 12.0 Å². The van der Waals surface area contributed by atoms with E-state index in [1.807, 2.05) is 29.2 Å². The minimum absolute atomic E-state index is 0.643. The summed E-state index contributed by atoms with van der Waals surface area (Å²) < 4.78 is 2.05. The third-order valence-electron chi connectivity index (χ3n) is 2.58. The molecule has 0 radical (unpaired) electrons. The van der Waals surface area contributed by atoms with Gasteiger partial charge < -0.3 is 9.36 Å². The third kappa shape index (κ3) is 3.24. The summed E-state index contributed by atoms with van der Waals surface area (Å²) in [5.41, 5.74) is 1.97. The zero-order valence-electron chi connectivity index (χ0n) is 9.62. The van der Waals surface area contributed by atoms with Gasteiger partial charge in [-0.3, -0.25) is 4.98 Å². The molecule has 0 saturated heterocycles. The Morgan fingerprint density at radius 3 is 3.06 bits per heavy atom. The first-order chi connectivity index (χ1) is 8.40. The van der Waals surface area contributed by atoms with Gasteiger partial charge in [-0.25, -0.2) is 4.98 Å². The number of aldehydes is 1. The zero-order chi connectivity index (χ0) is 11.9. The maximum absolute atomic E-state index is 10.2. The highest BCUT2D eigenvalue weighted by atomic mass is 16.1. The summed E-state index contributed by atoms with van der Waals surface area (Å²) in [6.07, 6.45) is 10.9. The molecule has 0 bridgehead atoms. The molecule has 0 aliphatic heterocycles. The molecule has 2 rings (SSSR count). The van der Waals surface area contributed by atoms with Gasteiger partial charge in [-0.2, -0.15) is 0 Å². The first-order valence-electron chi connectivity index (χ1n) is 5.76. The molecule has 0 unspecified atom stereocenters. The minimum atomic E-state index is 0.643. The van der Waals surface area contributed by atoms with Crippen molar-refractivity contribution in [1.29, 1.82) is 0 Å². The summed E-state index contributed by atoms with van der Waals surface area (Å²) in [5, 5.41) is 0. The van der Waals surface area contributed by atoms with Crippen molar-refractivity contribution in [2.45, 2.75) is 25.8 Å². The van der Waals surface area contributed by atoms with Crippen molar-refractivity contribution in [3.05, 3.63) is 37.1 Å². The number of aryl methyl sites for hydroxylation is 1. The van der Waals surface area contributed by atoms with E-state index in [9.17, 15) is 4.79 Å². The lowest BCUT2D eigenvalue weighted by molar-refractivity contribution is -0.107. The summed E-state index contributed by atoms with van der Waals surface area (Å²) in [6, 6.07) is 3.89. The van der Waals surface area contributed by atoms with Gasteiger partial charge in [-0.05, 0) is 25.0 Å². The number of hydrogen-bond donors (Lipinski definition) is 0.